The van der Waals surface area contributed by atoms with Gasteiger partial charge in [-0.2, -0.15) is 0 Å². The maximum Gasteiger partial charge on any atom is 0.164 e. The number of hydrogen-bond acceptors (Lipinski definition) is 4. The van der Waals surface area contributed by atoms with E-state index >= 15 is 0 Å². The minimum Gasteiger partial charge on any atom is -0.456 e. The van der Waals surface area contributed by atoms with Crippen LogP contribution in [0.15, 0.2) is 168 Å². The molecule has 2 aromatic heterocycles. The van der Waals surface area contributed by atoms with E-state index in [-0.39, 0.29) is 0 Å². The van der Waals surface area contributed by atoms with Crippen LogP contribution in [0.3, 0.4) is 0 Å². The number of benzene rings is 8. The molecule has 0 spiro atoms. The van der Waals surface area contributed by atoms with E-state index in [2.05, 4.69) is 127 Å². The number of nitrogens with zero attached hydrogens (tertiary/aromatic N) is 3. The van der Waals surface area contributed by atoms with Gasteiger partial charge in [-0.15, -0.1) is 0 Å². The average molecular weight is 650 g/mol. The van der Waals surface area contributed by atoms with E-state index in [0.717, 1.165) is 60.5 Å². The minimum absolute atomic E-state index is 0.621. The number of aromatic nitrogens is 3. The molecule has 0 saturated heterocycles. The van der Waals surface area contributed by atoms with Crippen molar-refractivity contribution in [2.75, 3.05) is 0 Å². The molecule has 236 valence electrons. The van der Waals surface area contributed by atoms with Crippen LogP contribution in [0.2, 0.25) is 0 Å². The van der Waals surface area contributed by atoms with Gasteiger partial charge in [0.15, 0.2) is 17.5 Å². The van der Waals surface area contributed by atoms with Gasteiger partial charge in [0.1, 0.15) is 11.2 Å². The molecule has 51 heavy (non-hydrogen) atoms. The molecule has 11 rings (SSSR count). The van der Waals surface area contributed by atoms with Gasteiger partial charge in [0.2, 0.25) is 0 Å². The molecular weight excluding hydrogens is 623 g/mol. The fourth-order valence-corrected chi connectivity index (χ4v) is 7.92. The van der Waals surface area contributed by atoms with Crippen LogP contribution in [0, 0.1) is 0 Å². The quantitative estimate of drug-likeness (QED) is 0.190. The van der Waals surface area contributed by atoms with E-state index in [0.29, 0.717) is 17.5 Å². The van der Waals surface area contributed by atoms with Crippen molar-refractivity contribution in [2.24, 2.45) is 0 Å². The highest BCUT2D eigenvalue weighted by Gasteiger charge is 2.24. The number of furan rings is 1. The fraction of sp³-hybridized carbons (Fsp3) is 0. The largest absolute Gasteiger partial charge is 0.456 e. The van der Waals surface area contributed by atoms with Crippen molar-refractivity contribution in [3.8, 4) is 67.5 Å². The summed E-state index contributed by atoms with van der Waals surface area (Å²) in [6.45, 7) is 0. The van der Waals surface area contributed by atoms with Gasteiger partial charge in [0, 0.05) is 27.5 Å². The minimum atomic E-state index is 0.621. The van der Waals surface area contributed by atoms with Gasteiger partial charge in [-0.25, -0.2) is 15.0 Å². The van der Waals surface area contributed by atoms with Gasteiger partial charge in [-0.1, -0.05) is 133 Å². The van der Waals surface area contributed by atoms with Crippen LogP contribution in [0.5, 0.6) is 0 Å². The predicted octanol–water partition coefficient (Wildman–Crippen LogP) is 12.4. The second-order valence-electron chi connectivity index (χ2n) is 13.2. The summed E-state index contributed by atoms with van der Waals surface area (Å²) in [5, 5.41) is 6.97. The van der Waals surface area contributed by atoms with Crippen molar-refractivity contribution in [1.82, 2.24) is 15.0 Å². The molecule has 0 saturated carbocycles. The zero-order chi connectivity index (χ0) is 33.5. The number of rotatable bonds is 4. The summed E-state index contributed by atoms with van der Waals surface area (Å²) >= 11 is 0. The molecule has 0 unspecified atom stereocenters. The predicted molar refractivity (Wildman–Crippen MR) is 208 cm³/mol. The Balaban J connectivity index is 1.18. The van der Waals surface area contributed by atoms with Gasteiger partial charge < -0.3 is 4.42 Å². The van der Waals surface area contributed by atoms with Crippen molar-refractivity contribution in [1.29, 1.82) is 0 Å². The van der Waals surface area contributed by atoms with Gasteiger partial charge >= 0.3 is 0 Å². The zero-order valence-corrected chi connectivity index (χ0v) is 27.3. The molecule has 1 aliphatic carbocycles. The third kappa shape index (κ3) is 4.30. The first kappa shape index (κ1) is 28.0. The molecule has 0 N–H and O–H groups in total. The van der Waals surface area contributed by atoms with Crippen LogP contribution >= 0.6 is 0 Å². The second kappa shape index (κ2) is 10.8. The second-order valence-corrected chi connectivity index (χ2v) is 13.2. The van der Waals surface area contributed by atoms with Gasteiger partial charge in [-0.05, 0) is 85.3 Å². The highest BCUT2D eigenvalue weighted by Crippen LogP contribution is 2.48. The molecule has 0 radical (unpaired) electrons. The summed E-state index contributed by atoms with van der Waals surface area (Å²) in [5.41, 5.74) is 11.6. The molecular formula is C47H27N3O. The van der Waals surface area contributed by atoms with E-state index in [1.165, 1.54) is 33.0 Å². The lowest BCUT2D eigenvalue weighted by atomic mass is 9.92. The van der Waals surface area contributed by atoms with Crippen molar-refractivity contribution >= 4 is 43.5 Å². The first-order chi connectivity index (χ1) is 25.3. The highest BCUT2D eigenvalue weighted by atomic mass is 16.3. The van der Waals surface area contributed by atoms with E-state index in [1.807, 2.05) is 36.4 Å². The summed E-state index contributed by atoms with van der Waals surface area (Å²) in [4.78, 5) is 15.6. The van der Waals surface area contributed by atoms with Crippen molar-refractivity contribution in [2.45, 2.75) is 0 Å². The topological polar surface area (TPSA) is 51.8 Å². The summed E-state index contributed by atoms with van der Waals surface area (Å²) in [6, 6.07) is 57.4. The monoisotopic (exact) mass is 649 g/mol. The van der Waals surface area contributed by atoms with E-state index < -0.39 is 0 Å². The van der Waals surface area contributed by atoms with Gasteiger partial charge in [0.25, 0.3) is 0 Å². The Hall–Kier alpha value is -6.91. The lowest BCUT2D eigenvalue weighted by Gasteiger charge is -2.15. The van der Waals surface area contributed by atoms with Crippen molar-refractivity contribution < 1.29 is 4.42 Å². The van der Waals surface area contributed by atoms with Crippen molar-refractivity contribution in [3.05, 3.63) is 164 Å². The van der Waals surface area contributed by atoms with Crippen LogP contribution in [0.25, 0.3) is 111 Å². The average Bonchev–Trinajstić information content (AvgIpc) is 3.74. The molecule has 4 heteroatoms. The van der Waals surface area contributed by atoms with E-state index in [1.54, 1.807) is 0 Å². The third-order valence-electron chi connectivity index (χ3n) is 10.2. The zero-order valence-electron chi connectivity index (χ0n) is 27.3. The molecule has 8 aromatic carbocycles. The lowest BCUT2D eigenvalue weighted by Crippen LogP contribution is -2.01. The number of hydrogen-bond donors (Lipinski definition) is 0. The molecule has 10 aromatic rings. The van der Waals surface area contributed by atoms with E-state index in [9.17, 15) is 0 Å². The molecule has 0 amide bonds. The number of fused-ring (bicyclic) bond motifs is 7. The Kier molecular flexibility index (Phi) is 5.92. The normalized spacial score (nSPS) is 11.9. The smallest absolute Gasteiger partial charge is 0.164 e. The maximum atomic E-state index is 6.34. The van der Waals surface area contributed by atoms with Crippen molar-refractivity contribution in [3.63, 3.8) is 0 Å². The first-order valence-corrected chi connectivity index (χ1v) is 17.2. The fourth-order valence-electron chi connectivity index (χ4n) is 7.92. The van der Waals surface area contributed by atoms with Gasteiger partial charge in [-0.3, -0.25) is 0 Å². The first-order valence-electron chi connectivity index (χ1n) is 17.2. The molecule has 2 heterocycles. The van der Waals surface area contributed by atoms with E-state index in [4.69, 9.17) is 19.4 Å². The summed E-state index contributed by atoms with van der Waals surface area (Å²) in [5.74, 6) is 1.89. The molecule has 0 atom stereocenters. The molecule has 4 nitrogen and oxygen atoms in total. The Morgan fingerprint density at radius 1 is 0.314 bits per heavy atom. The SMILES string of the molecule is c1ccc(-c2nc(-c3ccc4c(c3)-c3cccc5cccc-4c35)nc(-c3cc4ccccc4cc3-c3cccc4oc5ccccc5c34)n2)cc1. The summed E-state index contributed by atoms with van der Waals surface area (Å²) in [6.07, 6.45) is 0. The Morgan fingerprint density at radius 3 is 1.69 bits per heavy atom. The standard InChI is InChI=1S/C47H27N3O/c1-2-11-29(12-3-1)45-48-46(32-23-24-33-34-18-8-15-28-16-9-19-35(43(28)34)38(33)27-32)50-47(49-45)40-26-31-14-5-4-13-30(31)25-39(40)36-20-10-22-42-44(36)37-17-6-7-21-41(37)51-42/h1-27H. The molecule has 0 bridgehead atoms. The summed E-state index contributed by atoms with van der Waals surface area (Å²) < 4.78 is 6.34. The van der Waals surface area contributed by atoms with Crippen LogP contribution in [-0.2, 0) is 0 Å². The Morgan fingerprint density at radius 2 is 0.882 bits per heavy atom. The van der Waals surface area contributed by atoms with Crippen LogP contribution in [-0.4, -0.2) is 15.0 Å². The molecule has 1 aliphatic rings. The van der Waals surface area contributed by atoms with Crippen LogP contribution in [0.4, 0.5) is 0 Å². The molecule has 0 fully saturated rings. The third-order valence-corrected chi connectivity index (χ3v) is 10.2. The highest BCUT2D eigenvalue weighted by molar-refractivity contribution is 6.16. The lowest BCUT2D eigenvalue weighted by molar-refractivity contribution is 0.669. The van der Waals surface area contributed by atoms with Crippen LogP contribution < -0.4 is 0 Å². The summed E-state index contributed by atoms with van der Waals surface area (Å²) in [7, 11) is 0. The van der Waals surface area contributed by atoms with Gasteiger partial charge in [0.05, 0.1) is 0 Å². The van der Waals surface area contributed by atoms with Crippen LogP contribution in [0.1, 0.15) is 0 Å². The Labute approximate surface area is 293 Å². The maximum absolute atomic E-state index is 6.34. The molecule has 0 aliphatic heterocycles. The Bertz CT molecular complexity index is 3030. The number of para-hydroxylation sites is 1.